The Bertz CT molecular complexity index is 1260. The number of aromatic nitrogens is 2. The van der Waals surface area contributed by atoms with Crippen molar-refractivity contribution >= 4 is 11.0 Å². The van der Waals surface area contributed by atoms with Crippen molar-refractivity contribution in [2.24, 2.45) is 5.92 Å². The number of phenols is 2. The van der Waals surface area contributed by atoms with Gasteiger partial charge in [-0.1, -0.05) is 30.3 Å². The predicted octanol–water partition coefficient (Wildman–Crippen LogP) is 5.13. The fraction of sp³-hybridized carbons (Fsp3) is 0.321. The summed E-state index contributed by atoms with van der Waals surface area (Å²) in [6.45, 7) is 3.65. The lowest BCUT2D eigenvalue weighted by Gasteiger charge is -2.32. The zero-order chi connectivity index (χ0) is 23.5. The van der Waals surface area contributed by atoms with Gasteiger partial charge < -0.3 is 19.7 Å². The Morgan fingerprint density at radius 2 is 1.71 bits per heavy atom. The molecule has 176 valence electrons. The minimum absolute atomic E-state index is 0.211. The molecule has 4 aromatic rings. The van der Waals surface area contributed by atoms with Crippen LogP contribution in [0.4, 0.5) is 4.39 Å². The number of piperidine rings is 1. The number of phenolic OH excluding ortho intramolecular Hbond substituents is 2. The zero-order valence-electron chi connectivity index (χ0n) is 19.2. The molecule has 0 amide bonds. The third-order valence-corrected chi connectivity index (χ3v) is 6.93. The molecule has 0 aliphatic carbocycles. The summed E-state index contributed by atoms with van der Waals surface area (Å²) in [6, 6.07) is 19.5. The predicted molar refractivity (Wildman–Crippen MR) is 132 cm³/mol. The number of hydrogen-bond acceptors (Lipinski definition) is 4. The number of rotatable bonds is 7. The molecule has 34 heavy (non-hydrogen) atoms. The van der Waals surface area contributed by atoms with Crippen molar-refractivity contribution in [1.29, 1.82) is 0 Å². The van der Waals surface area contributed by atoms with E-state index in [4.69, 9.17) is 4.98 Å². The number of halogens is 1. The number of imidazole rings is 1. The second-order valence-corrected chi connectivity index (χ2v) is 9.28. The van der Waals surface area contributed by atoms with Crippen LogP contribution in [0.3, 0.4) is 0 Å². The third-order valence-electron chi connectivity index (χ3n) is 6.93. The Morgan fingerprint density at radius 3 is 2.47 bits per heavy atom. The zero-order valence-corrected chi connectivity index (χ0v) is 19.2. The highest BCUT2D eigenvalue weighted by molar-refractivity contribution is 5.77. The van der Waals surface area contributed by atoms with Gasteiger partial charge in [0.1, 0.15) is 23.1 Å². The molecule has 3 aromatic carbocycles. The van der Waals surface area contributed by atoms with E-state index in [1.165, 1.54) is 12.1 Å². The van der Waals surface area contributed by atoms with Crippen LogP contribution in [0.25, 0.3) is 11.0 Å². The van der Waals surface area contributed by atoms with E-state index in [-0.39, 0.29) is 11.6 Å². The van der Waals surface area contributed by atoms with Crippen LogP contribution < -0.4 is 0 Å². The molecule has 2 N–H and O–H groups in total. The van der Waals surface area contributed by atoms with E-state index in [0.29, 0.717) is 18.2 Å². The molecular weight excluding hydrogens is 429 g/mol. The molecule has 1 aliphatic heterocycles. The lowest BCUT2D eigenvalue weighted by atomic mass is 9.93. The summed E-state index contributed by atoms with van der Waals surface area (Å²) < 4.78 is 15.6. The van der Waals surface area contributed by atoms with Crippen molar-refractivity contribution in [2.75, 3.05) is 19.6 Å². The van der Waals surface area contributed by atoms with Crippen LogP contribution in [0.2, 0.25) is 0 Å². The van der Waals surface area contributed by atoms with E-state index >= 15 is 0 Å². The van der Waals surface area contributed by atoms with Crippen molar-refractivity contribution in [3.05, 3.63) is 89.5 Å². The molecule has 0 saturated carbocycles. The maximum atomic E-state index is 13.4. The standard InChI is InChI=1S/C28H30FN3O2/c29-23-7-5-21(6-8-23)19-32-26-10-9-24(33)18-25(26)30-28(32)17-20-11-14-31(15-12-20)16-13-22-3-1-2-4-27(22)34/h1-10,18,20,33-34H,11-17,19H2. The molecule has 0 radical (unpaired) electrons. The van der Waals surface area contributed by atoms with Gasteiger partial charge in [-0.2, -0.15) is 0 Å². The van der Waals surface area contributed by atoms with Gasteiger partial charge in [-0.25, -0.2) is 9.37 Å². The molecule has 1 saturated heterocycles. The summed E-state index contributed by atoms with van der Waals surface area (Å²) >= 11 is 0. The van der Waals surface area contributed by atoms with E-state index in [1.54, 1.807) is 18.2 Å². The van der Waals surface area contributed by atoms with Gasteiger partial charge >= 0.3 is 0 Å². The molecule has 1 aromatic heterocycles. The molecule has 5 nitrogen and oxygen atoms in total. The van der Waals surface area contributed by atoms with E-state index in [1.807, 2.05) is 36.4 Å². The number of para-hydroxylation sites is 1. The van der Waals surface area contributed by atoms with Gasteiger partial charge in [0.2, 0.25) is 0 Å². The SMILES string of the molecule is Oc1ccc2c(c1)nc(CC1CCN(CCc3ccccc3O)CC1)n2Cc1ccc(F)cc1. The fourth-order valence-corrected chi connectivity index (χ4v) is 4.95. The molecule has 0 spiro atoms. The first-order valence-corrected chi connectivity index (χ1v) is 12.0. The summed E-state index contributed by atoms with van der Waals surface area (Å²) in [4.78, 5) is 7.35. The molecule has 6 heteroatoms. The number of hydrogen-bond donors (Lipinski definition) is 2. The van der Waals surface area contributed by atoms with Gasteiger partial charge in [0.05, 0.1) is 11.0 Å². The first kappa shape index (κ1) is 22.4. The van der Waals surface area contributed by atoms with Crippen molar-refractivity contribution in [2.45, 2.75) is 32.2 Å². The monoisotopic (exact) mass is 459 g/mol. The fourth-order valence-electron chi connectivity index (χ4n) is 4.95. The normalized spacial score (nSPS) is 15.2. The van der Waals surface area contributed by atoms with Crippen molar-refractivity contribution < 1.29 is 14.6 Å². The van der Waals surface area contributed by atoms with Gasteiger partial charge in [0.25, 0.3) is 0 Å². The second-order valence-electron chi connectivity index (χ2n) is 9.28. The summed E-state index contributed by atoms with van der Waals surface area (Å²) in [5, 5.41) is 19.9. The Morgan fingerprint density at radius 1 is 0.941 bits per heavy atom. The Balaban J connectivity index is 1.26. The van der Waals surface area contributed by atoms with Crippen LogP contribution in [0.15, 0.2) is 66.7 Å². The number of benzene rings is 3. The number of fused-ring (bicyclic) bond motifs is 1. The highest BCUT2D eigenvalue weighted by atomic mass is 19.1. The molecule has 1 fully saturated rings. The van der Waals surface area contributed by atoms with E-state index in [2.05, 4.69) is 9.47 Å². The Hall–Kier alpha value is -3.38. The lowest BCUT2D eigenvalue weighted by Crippen LogP contribution is -2.36. The van der Waals surface area contributed by atoms with Crippen LogP contribution in [-0.2, 0) is 19.4 Å². The molecule has 5 rings (SSSR count). The van der Waals surface area contributed by atoms with Crippen molar-refractivity contribution in [1.82, 2.24) is 14.5 Å². The average molecular weight is 460 g/mol. The molecule has 1 aliphatic rings. The molecular formula is C28H30FN3O2. The van der Waals surface area contributed by atoms with Gasteiger partial charge in [0.15, 0.2) is 0 Å². The van der Waals surface area contributed by atoms with Crippen LogP contribution >= 0.6 is 0 Å². The smallest absolute Gasteiger partial charge is 0.123 e. The summed E-state index contributed by atoms with van der Waals surface area (Å²) in [6.07, 6.45) is 3.94. The molecule has 0 atom stereocenters. The van der Waals surface area contributed by atoms with Gasteiger partial charge in [-0.15, -0.1) is 0 Å². The Kier molecular flexibility index (Phi) is 6.50. The second kappa shape index (κ2) is 9.85. The van der Waals surface area contributed by atoms with E-state index < -0.39 is 0 Å². The maximum absolute atomic E-state index is 13.4. The van der Waals surface area contributed by atoms with Gasteiger partial charge in [-0.3, -0.25) is 0 Å². The lowest BCUT2D eigenvalue weighted by molar-refractivity contribution is 0.184. The first-order chi connectivity index (χ1) is 16.5. The molecule has 0 bridgehead atoms. The van der Waals surface area contributed by atoms with Crippen LogP contribution in [0.5, 0.6) is 11.5 Å². The summed E-state index contributed by atoms with van der Waals surface area (Å²) in [7, 11) is 0. The topological polar surface area (TPSA) is 61.5 Å². The van der Waals surface area contributed by atoms with Crippen LogP contribution in [0, 0.1) is 11.7 Å². The van der Waals surface area contributed by atoms with Crippen LogP contribution in [-0.4, -0.2) is 44.3 Å². The van der Waals surface area contributed by atoms with Crippen molar-refractivity contribution in [3.63, 3.8) is 0 Å². The quantitative estimate of drug-likeness (QED) is 0.402. The third kappa shape index (κ3) is 5.07. The van der Waals surface area contributed by atoms with Crippen LogP contribution in [0.1, 0.15) is 29.8 Å². The summed E-state index contributed by atoms with van der Waals surface area (Å²) in [5.41, 5.74) is 3.80. The average Bonchev–Trinajstić information content (AvgIpc) is 3.16. The van der Waals surface area contributed by atoms with Gasteiger partial charge in [-0.05, 0) is 79.7 Å². The minimum Gasteiger partial charge on any atom is -0.508 e. The Labute approximate surface area is 199 Å². The number of aromatic hydroxyl groups is 2. The highest BCUT2D eigenvalue weighted by Crippen LogP contribution is 2.27. The summed E-state index contributed by atoms with van der Waals surface area (Å²) in [5.74, 6) is 1.90. The first-order valence-electron chi connectivity index (χ1n) is 12.0. The van der Waals surface area contributed by atoms with E-state index in [0.717, 1.165) is 73.3 Å². The molecule has 2 heterocycles. The highest BCUT2D eigenvalue weighted by Gasteiger charge is 2.22. The largest absolute Gasteiger partial charge is 0.508 e. The van der Waals surface area contributed by atoms with Gasteiger partial charge in [0, 0.05) is 25.6 Å². The van der Waals surface area contributed by atoms with Crippen molar-refractivity contribution in [3.8, 4) is 11.5 Å². The molecule has 0 unspecified atom stereocenters. The minimum atomic E-state index is -0.237. The number of likely N-dealkylation sites (tertiary alicyclic amines) is 1. The maximum Gasteiger partial charge on any atom is 0.123 e. The van der Waals surface area contributed by atoms with E-state index in [9.17, 15) is 14.6 Å². The number of nitrogens with zero attached hydrogens (tertiary/aromatic N) is 3.